The number of hydrogen-bond donors (Lipinski definition) is 1. The maximum absolute atomic E-state index is 10.7. The summed E-state index contributed by atoms with van der Waals surface area (Å²) in [5.74, 6) is -0.857. The fraction of sp³-hybridized carbons (Fsp3) is 0.462. The van der Waals surface area contributed by atoms with Crippen molar-refractivity contribution >= 4 is 5.97 Å². The molecular weight excluding hydrogens is 202 g/mol. The molecule has 0 aromatic heterocycles. The highest BCUT2D eigenvalue weighted by atomic mass is 16.4. The summed E-state index contributed by atoms with van der Waals surface area (Å²) in [4.78, 5) is 12.9. The monoisotopic (exact) mass is 219 g/mol. The number of benzene rings is 1. The van der Waals surface area contributed by atoms with Gasteiger partial charge in [0.05, 0.1) is 5.56 Å². The molecule has 0 amide bonds. The number of hydrogen-bond acceptors (Lipinski definition) is 2. The first-order valence-corrected chi connectivity index (χ1v) is 5.52. The Balaban J connectivity index is 2.19. The van der Waals surface area contributed by atoms with Gasteiger partial charge in [-0.15, -0.1) is 0 Å². The molecule has 0 unspecified atom stereocenters. The van der Waals surface area contributed by atoms with E-state index in [2.05, 4.69) is 19.0 Å². The Labute approximate surface area is 95.7 Å². The Hall–Kier alpha value is -1.35. The van der Waals surface area contributed by atoms with E-state index in [1.54, 1.807) is 12.1 Å². The van der Waals surface area contributed by atoms with E-state index in [1.165, 1.54) is 18.4 Å². The highest BCUT2D eigenvalue weighted by Gasteiger charge is 2.44. The van der Waals surface area contributed by atoms with Crippen molar-refractivity contribution in [3.63, 3.8) is 0 Å². The zero-order valence-corrected chi connectivity index (χ0v) is 9.73. The van der Waals surface area contributed by atoms with Crippen LogP contribution >= 0.6 is 0 Å². The first-order valence-electron chi connectivity index (χ1n) is 5.52. The van der Waals surface area contributed by atoms with E-state index in [0.29, 0.717) is 5.56 Å². The lowest BCUT2D eigenvalue weighted by Crippen LogP contribution is -2.25. The second-order valence-electron chi connectivity index (χ2n) is 4.90. The Morgan fingerprint density at radius 1 is 1.31 bits per heavy atom. The lowest BCUT2D eigenvalue weighted by molar-refractivity contribution is 0.0697. The third-order valence-corrected chi connectivity index (χ3v) is 3.22. The first kappa shape index (κ1) is 11.1. The molecule has 2 rings (SSSR count). The molecule has 1 N–H and O–H groups in total. The predicted molar refractivity (Wildman–Crippen MR) is 62.9 cm³/mol. The number of carboxylic acids is 1. The van der Waals surface area contributed by atoms with Crippen molar-refractivity contribution in [2.45, 2.75) is 18.3 Å². The average Bonchev–Trinajstić information content (AvgIpc) is 2.98. The molecule has 0 spiro atoms. The number of carboxylic acid groups (broad SMARTS) is 1. The van der Waals surface area contributed by atoms with Gasteiger partial charge in [-0.05, 0) is 44.6 Å². The van der Waals surface area contributed by atoms with Gasteiger partial charge in [0.1, 0.15) is 0 Å². The SMILES string of the molecule is CN(C)CC1(c2ccc(C(=O)O)cc2)CC1. The maximum Gasteiger partial charge on any atom is 0.335 e. The summed E-state index contributed by atoms with van der Waals surface area (Å²) in [6, 6.07) is 7.32. The van der Waals surface area contributed by atoms with Crippen molar-refractivity contribution in [3.8, 4) is 0 Å². The zero-order chi connectivity index (χ0) is 11.8. The minimum atomic E-state index is -0.857. The fourth-order valence-electron chi connectivity index (χ4n) is 2.26. The second-order valence-corrected chi connectivity index (χ2v) is 4.90. The number of nitrogens with zero attached hydrogens (tertiary/aromatic N) is 1. The standard InChI is InChI=1S/C13H17NO2/c1-14(2)9-13(7-8-13)11-5-3-10(4-6-11)12(15)16/h3-6H,7-9H2,1-2H3,(H,15,16). The quantitative estimate of drug-likeness (QED) is 0.841. The highest BCUT2D eigenvalue weighted by molar-refractivity contribution is 5.87. The highest BCUT2D eigenvalue weighted by Crippen LogP contribution is 2.48. The molecule has 1 aliphatic carbocycles. The van der Waals surface area contributed by atoms with Gasteiger partial charge in [0.25, 0.3) is 0 Å². The summed E-state index contributed by atoms with van der Waals surface area (Å²) in [7, 11) is 4.15. The number of carbonyl (C=O) groups is 1. The van der Waals surface area contributed by atoms with Gasteiger partial charge in [-0.3, -0.25) is 0 Å². The number of rotatable bonds is 4. The summed E-state index contributed by atoms with van der Waals surface area (Å²) in [6.45, 7) is 1.04. The molecule has 16 heavy (non-hydrogen) atoms. The maximum atomic E-state index is 10.7. The van der Waals surface area contributed by atoms with Gasteiger partial charge < -0.3 is 10.0 Å². The molecule has 0 heterocycles. The van der Waals surface area contributed by atoms with Gasteiger partial charge >= 0.3 is 5.97 Å². The van der Waals surface area contributed by atoms with Gasteiger partial charge in [0, 0.05) is 12.0 Å². The molecule has 1 aromatic carbocycles. The molecule has 0 radical (unpaired) electrons. The second kappa shape index (κ2) is 3.91. The Morgan fingerprint density at radius 2 is 1.88 bits per heavy atom. The van der Waals surface area contributed by atoms with Crippen LogP contribution in [0.4, 0.5) is 0 Å². The van der Waals surface area contributed by atoms with Crippen LogP contribution in [-0.2, 0) is 5.41 Å². The molecule has 1 fully saturated rings. The van der Waals surface area contributed by atoms with Crippen LogP contribution in [0.25, 0.3) is 0 Å². The Morgan fingerprint density at radius 3 is 2.25 bits per heavy atom. The molecule has 1 aliphatic rings. The molecule has 0 saturated heterocycles. The summed E-state index contributed by atoms with van der Waals surface area (Å²) in [6.07, 6.45) is 2.41. The smallest absolute Gasteiger partial charge is 0.335 e. The van der Waals surface area contributed by atoms with Crippen molar-refractivity contribution in [1.29, 1.82) is 0 Å². The summed E-state index contributed by atoms with van der Waals surface area (Å²) < 4.78 is 0. The molecule has 3 nitrogen and oxygen atoms in total. The van der Waals surface area contributed by atoms with E-state index in [4.69, 9.17) is 5.11 Å². The van der Waals surface area contributed by atoms with Crippen LogP contribution in [0.2, 0.25) is 0 Å². The normalized spacial score (nSPS) is 17.4. The third kappa shape index (κ3) is 2.09. The van der Waals surface area contributed by atoms with Gasteiger partial charge in [0.2, 0.25) is 0 Å². The zero-order valence-electron chi connectivity index (χ0n) is 9.73. The van der Waals surface area contributed by atoms with Gasteiger partial charge in [-0.2, -0.15) is 0 Å². The van der Waals surface area contributed by atoms with Crippen LogP contribution in [0.5, 0.6) is 0 Å². The van der Waals surface area contributed by atoms with Crippen LogP contribution < -0.4 is 0 Å². The van der Waals surface area contributed by atoms with E-state index < -0.39 is 5.97 Å². The van der Waals surface area contributed by atoms with E-state index in [1.807, 2.05) is 12.1 Å². The topological polar surface area (TPSA) is 40.5 Å². The van der Waals surface area contributed by atoms with Crippen molar-refractivity contribution in [3.05, 3.63) is 35.4 Å². The minimum absolute atomic E-state index is 0.278. The number of aromatic carboxylic acids is 1. The Kier molecular flexibility index (Phi) is 2.72. The average molecular weight is 219 g/mol. The molecule has 3 heteroatoms. The van der Waals surface area contributed by atoms with E-state index in [9.17, 15) is 4.79 Å². The van der Waals surface area contributed by atoms with Crippen molar-refractivity contribution in [1.82, 2.24) is 4.90 Å². The molecular formula is C13H17NO2. The van der Waals surface area contributed by atoms with Crippen LogP contribution in [0, 0.1) is 0 Å². The minimum Gasteiger partial charge on any atom is -0.478 e. The van der Waals surface area contributed by atoms with Crippen molar-refractivity contribution < 1.29 is 9.90 Å². The molecule has 1 aromatic rings. The van der Waals surface area contributed by atoms with Gasteiger partial charge in [-0.25, -0.2) is 4.79 Å². The molecule has 0 atom stereocenters. The molecule has 86 valence electrons. The lowest BCUT2D eigenvalue weighted by Gasteiger charge is -2.20. The van der Waals surface area contributed by atoms with Crippen LogP contribution in [0.3, 0.4) is 0 Å². The first-order chi connectivity index (χ1) is 7.53. The van der Waals surface area contributed by atoms with Crippen molar-refractivity contribution in [2.24, 2.45) is 0 Å². The summed E-state index contributed by atoms with van der Waals surface area (Å²) in [5.41, 5.74) is 1.91. The predicted octanol–water partition coefficient (Wildman–Crippen LogP) is 1.98. The molecule has 0 aliphatic heterocycles. The van der Waals surface area contributed by atoms with Gasteiger partial charge in [0.15, 0.2) is 0 Å². The van der Waals surface area contributed by atoms with E-state index in [0.717, 1.165) is 6.54 Å². The third-order valence-electron chi connectivity index (χ3n) is 3.22. The van der Waals surface area contributed by atoms with Crippen LogP contribution in [0.15, 0.2) is 24.3 Å². The van der Waals surface area contributed by atoms with E-state index >= 15 is 0 Å². The van der Waals surface area contributed by atoms with E-state index in [-0.39, 0.29) is 5.41 Å². The largest absolute Gasteiger partial charge is 0.478 e. The summed E-state index contributed by atoms with van der Waals surface area (Å²) in [5, 5.41) is 8.83. The van der Waals surface area contributed by atoms with Crippen LogP contribution in [0.1, 0.15) is 28.8 Å². The van der Waals surface area contributed by atoms with Gasteiger partial charge in [-0.1, -0.05) is 12.1 Å². The lowest BCUT2D eigenvalue weighted by atomic mass is 9.94. The summed E-state index contributed by atoms with van der Waals surface area (Å²) >= 11 is 0. The molecule has 1 saturated carbocycles. The molecule has 0 bridgehead atoms. The van der Waals surface area contributed by atoms with Crippen LogP contribution in [-0.4, -0.2) is 36.6 Å². The fourth-order valence-corrected chi connectivity index (χ4v) is 2.26. The van der Waals surface area contributed by atoms with Crippen molar-refractivity contribution in [2.75, 3.05) is 20.6 Å². The number of likely N-dealkylation sites (N-methyl/N-ethyl adjacent to an activating group) is 1. The Bertz CT molecular complexity index is 391.